The quantitative estimate of drug-likeness (QED) is 0.181. The van der Waals surface area contributed by atoms with Crippen LogP contribution >= 0.6 is 0 Å². The molecule has 9 aromatic rings. The lowest BCUT2D eigenvalue weighted by Crippen LogP contribution is -1.94. The smallest absolute Gasteiger partial charge is 0.0991 e. The van der Waals surface area contributed by atoms with Gasteiger partial charge in [-0.3, -0.25) is 0 Å². The molecule has 0 bridgehead atoms. The van der Waals surface area contributed by atoms with E-state index in [2.05, 4.69) is 176 Å². The van der Waals surface area contributed by atoms with E-state index in [0.29, 0.717) is 5.56 Å². The van der Waals surface area contributed by atoms with Crippen LogP contribution < -0.4 is 0 Å². The van der Waals surface area contributed by atoms with Gasteiger partial charge < -0.3 is 0 Å². The van der Waals surface area contributed by atoms with Gasteiger partial charge in [-0.1, -0.05) is 176 Å². The van der Waals surface area contributed by atoms with E-state index in [1.54, 1.807) is 0 Å². The first-order chi connectivity index (χ1) is 25.8. The maximum atomic E-state index is 9.72. The highest BCUT2D eigenvalue weighted by molar-refractivity contribution is 6.28. The molecule has 0 aromatic heterocycles. The maximum Gasteiger partial charge on any atom is 0.0991 e. The molecular weight excluding hydrogens is 627 g/mol. The zero-order valence-electron chi connectivity index (χ0n) is 28.3. The van der Waals surface area contributed by atoms with Gasteiger partial charge in [0.2, 0.25) is 0 Å². The molecule has 0 spiro atoms. The Balaban J connectivity index is 1.27. The van der Waals surface area contributed by atoms with Crippen LogP contribution in [0.1, 0.15) is 5.56 Å². The summed E-state index contributed by atoms with van der Waals surface area (Å²) in [5.41, 5.74) is 17.6. The van der Waals surface area contributed by atoms with Crippen molar-refractivity contribution in [3.05, 3.63) is 194 Å². The normalized spacial score (nSPS) is 11.4. The molecule has 0 unspecified atom stereocenters. The molecule has 0 heterocycles. The molecule has 0 fully saturated rings. The summed E-state index contributed by atoms with van der Waals surface area (Å²) in [4.78, 5) is 0. The number of rotatable bonds is 5. The van der Waals surface area contributed by atoms with Gasteiger partial charge in [-0.2, -0.15) is 5.26 Å². The van der Waals surface area contributed by atoms with Crippen molar-refractivity contribution in [2.75, 3.05) is 0 Å². The van der Waals surface area contributed by atoms with Gasteiger partial charge >= 0.3 is 0 Å². The molecule has 52 heavy (non-hydrogen) atoms. The van der Waals surface area contributed by atoms with E-state index >= 15 is 0 Å². The summed E-state index contributed by atoms with van der Waals surface area (Å²) in [5.74, 6) is 0. The molecule has 1 aliphatic rings. The molecule has 0 radical (unpaired) electrons. The van der Waals surface area contributed by atoms with Crippen LogP contribution in [0.5, 0.6) is 0 Å². The standard InChI is InChI=1S/C51H31N/c52-32-33-11-9-16-40(31-33)41-29-30-46-49-42(41)19-10-20-45(49)50-47(38-25-21-36(22-26-38)34-12-3-1-4-13-34)43-17-7-8-18-44(43)48(51(46)50)39-27-23-37(24-28-39)35-14-5-2-6-15-35/h1-31H. The van der Waals surface area contributed by atoms with Crippen molar-refractivity contribution in [1.29, 1.82) is 5.26 Å². The lowest BCUT2D eigenvalue weighted by molar-refractivity contribution is 1.48. The summed E-state index contributed by atoms with van der Waals surface area (Å²) in [6.45, 7) is 0. The van der Waals surface area contributed by atoms with Gasteiger partial charge in [0.25, 0.3) is 0 Å². The van der Waals surface area contributed by atoms with Gasteiger partial charge in [0, 0.05) is 0 Å². The third kappa shape index (κ3) is 4.70. The Morgan fingerprint density at radius 3 is 1.27 bits per heavy atom. The van der Waals surface area contributed by atoms with Crippen molar-refractivity contribution < 1.29 is 0 Å². The van der Waals surface area contributed by atoms with Crippen molar-refractivity contribution in [3.8, 4) is 84.0 Å². The Hall–Kier alpha value is -7.01. The summed E-state index contributed by atoms with van der Waals surface area (Å²) in [6.07, 6.45) is 0. The fourth-order valence-corrected chi connectivity index (χ4v) is 8.33. The predicted molar refractivity (Wildman–Crippen MR) is 218 cm³/mol. The minimum Gasteiger partial charge on any atom is -0.192 e. The zero-order valence-corrected chi connectivity index (χ0v) is 28.3. The van der Waals surface area contributed by atoms with Crippen LogP contribution in [0.25, 0.3) is 99.4 Å². The molecular formula is C51H31N. The molecule has 0 N–H and O–H groups in total. The molecule has 10 rings (SSSR count). The molecule has 0 amide bonds. The highest BCUT2D eigenvalue weighted by Crippen LogP contribution is 2.58. The maximum absolute atomic E-state index is 9.72. The zero-order chi connectivity index (χ0) is 34.6. The monoisotopic (exact) mass is 657 g/mol. The Morgan fingerprint density at radius 1 is 0.288 bits per heavy atom. The van der Waals surface area contributed by atoms with Gasteiger partial charge in [-0.15, -0.1) is 0 Å². The predicted octanol–water partition coefficient (Wildman–Crippen LogP) is 13.8. The highest BCUT2D eigenvalue weighted by Gasteiger charge is 2.31. The van der Waals surface area contributed by atoms with Crippen molar-refractivity contribution in [2.24, 2.45) is 0 Å². The fraction of sp³-hybridized carbons (Fsp3) is 0. The van der Waals surface area contributed by atoms with Crippen molar-refractivity contribution in [2.45, 2.75) is 0 Å². The molecule has 1 nitrogen and oxygen atoms in total. The summed E-state index contributed by atoms with van der Waals surface area (Å²) >= 11 is 0. The highest BCUT2D eigenvalue weighted by atomic mass is 14.3. The Bertz CT molecular complexity index is 2720. The molecule has 9 aromatic carbocycles. The summed E-state index contributed by atoms with van der Waals surface area (Å²) in [6, 6.07) is 69.9. The second kappa shape index (κ2) is 12.1. The number of hydrogen-bond acceptors (Lipinski definition) is 1. The Labute approximate surface area is 303 Å². The minimum atomic E-state index is 0.665. The average Bonchev–Trinajstić information content (AvgIpc) is 3.55. The van der Waals surface area contributed by atoms with E-state index in [1.165, 1.54) is 88.3 Å². The van der Waals surface area contributed by atoms with Crippen LogP contribution in [0.3, 0.4) is 0 Å². The minimum absolute atomic E-state index is 0.665. The average molecular weight is 658 g/mol. The van der Waals surface area contributed by atoms with Crippen molar-refractivity contribution >= 4 is 21.5 Å². The third-order valence-electron chi connectivity index (χ3n) is 10.7. The van der Waals surface area contributed by atoms with Gasteiger partial charge in [0.05, 0.1) is 11.6 Å². The number of benzene rings is 9. The second-order valence-corrected chi connectivity index (χ2v) is 13.5. The molecule has 240 valence electrons. The molecule has 0 saturated heterocycles. The van der Waals surface area contributed by atoms with Gasteiger partial charge in [0.15, 0.2) is 0 Å². The van der Waals surface area contributed by atoms with E-state index < -0.39 is 0 Å². The SMILES string of the molecule is N#Cc1cccc(-c2ccc3c4c(cccc24)-c2c-3c(-c3ccc(-c4ccccc4)cc3)c3ccccc3c2-c2ccc(-c3ccccc3)cc2)c1. The second-order valence-electron chi connectivity index (χ2n) is 13.5. The summed E-state index contributed by atoms with van der Waals surface area (Å²) < 4.78 is 0. The Kier molecular flexibility index (Phi) is 6.95. The molecule has 0 saturated carbocycles. The molecule has 0 atom stereocenters. The van der Waals surface area contributed by atoms with E-state index in [1.807, 2.05) is 18.2 Å². The van der Waals surface area contributed by atoms with Gasteiger partial charge in [-0.05, 0) is 112 Å². The van der Waals surface area contributed by atoms with E-state index in [-0.39, 0.29) is 0 Å². The summed E-state index contributed by atoms with van der Waals surface area (Å²) in [5, 5.41) is 14.7. The van der Waals surface area contributed by atoms with Crippen LogP contribution in [-0.2, 0) is 0 Å². The molecule has 0 aliphatic heterocycles. The van der Waals surface area contributed by atoms with Crippen molar-refractivity contribution in [1.82, 2.24) is 0 Å². The molecule has 1 heteroatoms. The molecule has 1 aliphatic carbocycles. The first-order valence-corrected chi connectivity index (χ1v) is 17.7. The van der Waals surface area contributed by atoms with Gasteiger partial charge in [0.1, 0.15) is 0 Å². The number of nitrogens with zero attached hydrogens (tertiary/aromatic N) is 1. The lowest BCUT2D eigenvalue weighted by Gasteiger charge is -2.21. The van der Waals surface area contributed by atoms with Crippen LogP contribution in [0.2, 0.25) is 0 Å². The topological polar surface area (TPSA) is 23.8 Å². The summed E-state index contributed by atoms with van der Waals surface area (Å²) in [7, 11) is 0. The third-order valence-corrected chi connectivity index (χ3v) is 10.7. The lowest BCUT2D eigenvalue weighted by atomic mass is 9.82. The van der Waals surface area contributed by atoms with E-state index in [9.17, 15) is 5.26 Å². The number of fused-ring (bicyclic) bond motifs is 4. The fourth-order valence-electron chi connectivity index (χ4n) is 8.33. The Morgan fingerprint density at radius 2 is 0.712 bits per heavy atom. The van der Waals surface area contributed by atoms with Crippen LogP contribution in [-0.4, -0.2) is 0 Å². The van der Waals surface area contributed by atoms with E-state index in [4.69, 9.17) is 0 Å². The van der Waals surface area contributed by atoms with Crippen LogP contribution in [0.15, 0.2) is 188 Å². The van der Waals surface area contributed by atoms with Crippen LogP contribution in [0.4, 0.5) is 0 Å². The van der Waals surface area contributed by atoms with Crippen molar-refractivity contribution in [3.63, 3.8) is 0 Å². The van der Waals surface area contributed by atoms with E-state index in [0.717, 1.165) is 11.1 Å². The number of hydrogen-bond donors (Lipinski definition) is 0. The first kappa shape index (κ1) is 29.9. The largest absolute Gasteiger partial charge is 0.192 e. The number of nitriles is 1. The van der Waals surface area contributed by atoms with Gasteiger partial charge in [-0.25, -0.2) is 0 Å². The van der Waals surface area contributed by atoms with Crippen LogP contribution in [0, 0.1) is 11.3 Å². The first-order valence-electron chi connectivity index (χ1n) is 17.7.